The first-order valence-electron chi connectivity index (χ1n) is 9.63. The fraction of sp³-hybridized carbons (Fsp3) is 0.650. The average Bonchev–Trinajstić information content (AvgIpc) is 2.91. The van der Waals surface area contributed by atoms with Crippen molar-refractivity contribution in [1.82, 2.24) is 15.5 Å². The Bertz CT molecular complexity index is 570. The van der Waals surface area contributed by atoms with Gasteiger partial charge in [0.15, 0.2) is 5.96 Å². The Balaban J connectivity index is 1.54. The largest absolute Gasteiger partial charge is 0.388 e. The van der Waals surface area contributed by atoms with Crippen LogP contribution in [0.5, 0.6) is 0 Å². The van der Waals surface area contributed by atoms with E-state index in [9.17, 15) is 5.11 Å². The van der Waals surface area contributed by atoms with Crippen LogP contribution in [0, 0.1) is 0 Å². The quantitative estimate of drug-likeness (QED) is 0.546. The van der Waals surface area contributed by atoms with Gasteiger partial charge in [0.1, 0.15) is 0 Å². The van der Waals surface area contributed by atoms with Crippen molar-refractivity contribution in [2.24, 2.45) is 4.99 Å². The molecule has 1 heterocycles. The Morgan fingerprint density at radius 3 is 2.72 bits per heavy atom. The molecule has 3 rings (SSSR count). The van der Waals surface area contributed by atoms with Crippen molar-refractivity contribution in [2.75, 3.05) is 19.6 Å². The Morgan fingerprint density at radius 1 is 1.32 bits per heavy atom. The maximum atomic E-state index is 10.3. The third-order valence-corrected chi connectivity index (χ3v) is 5.43. The van der Waals surface area contributed by atoms with E-state index in [1.54, 1.807) is 0 Å². The van der Waals surface area contributed by atoms with Gasteiger partial charge in [0.2, 0.25) is 0 Å². The fourth-order valence-corrected chi connectivity index (χ4v) is 3.72. The molecule has 0 radical (unpaired) electrons. The first kappa shape index (κ1) is 18.2. The lowest BCUT2D eigenvalue weighted by molar-refractivity contribution is -0.0236. The molecule has 1 aromatic carbocycles. The second-order valence-corrected chi connectivity index (χ2v) is 7.61. The van der Waals surface area contributed by atoms with Gasteiger partial charge in [0, 0.05) is 31.7 Å². The highest BCUT2D eigenvalue weighted by Gasteiger charge is 2.34. The van der Waals surface area contributed by atoms with Gasteiger partial charge in [-0.3, -0.25) is 9.89 Å². The number of hydrogen-bond acceptors (Lipinski definition) is 3. The Kier molecular flexibility index (Phi) is 5.97. The summed E-state index contributed by atoms with van der Waals surface area (Å²) in [4.78, 5) is 7.15. The molecule has 0 spiro atoms. The molecule has 2 fully saturated rings. The minimum Gasteiger partial charge on any atom is -0.388 e. The topological polar surface area (TPSA) is 59.9 Å². The molecule has 1 saturated carbocycles. The fourth-order valence-electron chi connectivity index (χ4n) is 3.72. The minimum absolute atomic E-state index is 0.396. The van der Waals surface area contributed by atoms with Gasteiger partial charge in [-0.2, -0.15) is 0 Å². The number of nitrogens with one attached hydrogen (secondary N) is 2. The van der Waals surface area contributed by atoms with E-state index in [1.807, 2.05) is 0 Å². The van der Waals surface area contributed by atoms with E-state index in [1.165, 1.54) is 5.56 Å². The third kappa shape index (κ3) is 4.95. The SMILES string of the molecule is CCNC(=NCC1(O)CCC1)NC1CC(C)N(Cc2ccccc2)C1. The van der Waals surface area contributed by atoms with Crippen molar-refractivity contribution in [1.29, 1.82) is 0 Å². The first-order valence-corrected chi connectivity index (χ1v) is 9.63. The summed E-state index contributed by atoms with van der Waals surface area (Å²) in [5.41, 5.74) is 0.799. The molecule has 1 saturated heterocycles. The lowest BCUT2D eigenvalue weighted by Crippen LogP contribution is -2.46. The second kappa shape index (κ2) is 8.19. The molecule has 2 aliphatic rings. The zero-order chi connectivity index (χ0) is 17.7. The highest BCUT2D eigenvalue weighted by Crippen LogP contribution is 2.31. The average molecular weight is 345 g/mol. The van der Waals surface area contributed by atoms with Gasteiger partial charge < -0.3 is 15.7 Å². The lowest BCUT2D eigenvalue weighted by atomic mass is 9.80. The number of hydrogen-bond donors (Lipinski definition) is 3. The normalized spacial score (nSPS) is 26.3. The number of nitrogens with zero attached hydrogens (tertiary/aromatic N) is 2. The molecule has 5 nitrogen and oxygen atoms in total. The van der Waals surface area contributed by atoms with E-state index < -0.39 is 5.60 Å². The Morgan fingerprint density at radius 2 is 2.08 bits per heavy atom. The summed E-state index contributed by atoms with van der Waals surface area (Å²) in [5, 5.41) is 17.2. The van der Waals surface area contributed by atoms with Crippen LogP contribution in [-0.2, 0) is 6.54 Å². The van der Waals surface area contributed by atoms with E-state index >= 15 is 0 Å². The predicted octanol–water partition coefficient (Wildman–Crippen LogP) is 2.12. The lowest BCUT2D eigenvalue weighted by Gasteiger charge is -2.35. The van der Waals surface area contributed by atoms with Crippen LogP contribution in [-0.4, -0.2) is 53.3 Å². The first-order chi connectivity index (χ1) is 12.1. The molecule has 5 heteroatoms. The van der Waals surface area contributed by atoms with Crippen LogP contribution in [0.4, 0.5) is 0 Å². The predicted molar refractivity (Wildman–Crippen MR) is 103 cm³/mol. The summed E-state index contributed by atoms with van der Waals surface area (Å²) in [6, 6.07) is 11.6. The summed E-state index contributed by atoms with van der Waals surface area (Å²) in [5.74, 6) is 0.835. The van der Waals surface area contributed by atoms with Crippen molar-refractivity contribution in [3.63, 3.8) is 0 Å². The van der Waals surface area contributed by atoms with Crippen LogP contribution in [0.15, 0.2) is 35.3 Å². The Labute approximate surface area is 151 Å². The smallest absolute Gasteiger partial charge is 0.191 e. The molecule has 3 N–H and O–H groups in total. The number of rotatable bonds is 6. The molecule has 1 aliphatic heterocycles. The molecule has 0 amide bonds. The second-order valence-electron chi connectivity index (χ2n) is 7.61. The number of aliphatic hydroxyl groups is 1. The molecule has 25 heavy (non-hydrogen) atoms. The number of guanidine groups is 1. The highest BCUT2D eigenvalue weighted by molar-refractivity contribution is 5.80. The number of benzene rings is 1. The van der Waals surface area contributed by atoms with E-state index in [2.05, 4.69) is 64.7 Å². The molecule has 2 unspecified atom stereocenters. The molecule has 138 valence electrons. The van der Waals surface area contributed by atoms with Gasteiger partial charge >= 0.3 is 0 Å². The van der Waals surface area contributed by atoms with Crippen LogP contribution in [0.25, 0.3) is 0 Å². The van der Waals surface area contributed by atoms with Crippen LogP contribution >= 0.6 is 0 Å². The zero-order valence-corrected chi connectivity index (χ0v) is 15.5. The zero-order valence-electron chi connectivity index (χ0n) is 15.5. The highest BCUT2D eigenvalue weighted by atomic mass is 16.3. The molecular weight excluding hydrogens is 312 g/mol. The number of likely N-dealkylation sites (tertiary alicyclic amines) is 1. The van der Waals surface area contributed by atoms with E-state index in [4.69, 9.17) is 0 Å². The van der Waals surface area contributed by atoms with E-state index in [0.717, 1.165) is 51.3 Å². The van der Waals surface area contributed by atoms with Crippen LogP contribution in [0.3, 0.4) is 0 Å². The molecule has 1 aliphatic carbocycles. The van der Waals surface area contributed by atoms with Crippen molar-refractivity contribution in [2.45, 2.75) is 63.8 Å². The molecule has 2 atom stereocenters. The summed E-state index contributed by atoms with van der Waals surface area (Å²) in [6.45, 7) is 7.72. The molecular formula is C20H32N4O. The molecule has 0 aromatic heterocycles. The standard InChI is InChI=1S/C20H32N4O/c1-3-21-19(22-15-20(25)10-7-11-20)23-18-12-16(2)24(14-18)13-17-8-5-4-6-9-17/h4-6,8-9,16,18,25H,3,7,10-15H2,1-2H3,(H2,21,22,23). The van der Waals surface area contributed by atoms with Crippen molar-refractivity contribution >= 4 is 5.96 Å². The van der Waals surface area contributed by atoms with Gasteiger partial charge in [-0.25, -0.2) is 0 Å². The van der Waals surface area contributed by atoms with Crippen molar-refractivity contribution in [3.8, 4) is 0 Å². The summed E-state index contributed by atoms with van der Waals surface area (Å²) >= 11 is 0. The van der Waals surface area contributed by atoms with Crippen molar-refractivity contribution in [3.05, 3.63) is 35.9 Å². The van der Waals surface area contributed by atoms with Crippen molar-refractivity contribution < 1.29 is 5.11 Å². The maximum Gasteiger partial charge on any atom is 0.191 e. The maximum absolute atomic E-state index is 10.3. The third-order valence-electron chi connectivity index (χ3n) is 5.43. The van der Waals surface area contributed by atoms with Crippen LogP contribution in [0.2, 0.25) is 0 Å². The Hall–Kier alpha value is -1.59. The van der Waals surface area contributed by atoms with Crippen LogP contribution < -0.4 is 10.6 Å². The van der Waals surface area contributed by atoms with Gasteiger partial charge in [0.05, 0.1) is 12.1 Å². The van der Waals surface area contributed by atoms with Crippen LogP contribution in [0.1, 0.15) is 45.1 Å². The van der Waals surface area contributed by atoms with E-state index in [0.29, 0.717) is 18.6 Å². The molecule has 1 aromatic rings. The van der Waals surface area contributed by atoms with Gasteiger partial charge in [-0.05, 0) is 45.1 Å². The minimum atomic E-state index is -0.565. The van der Waals surface area contributed by atoms with E-state index in [-0.39, 0.29) is 0 Å². The molecule has 0 bridgehead atoms. The van der Waals surface area contributed by atoms with Gasteiger partial charge in [-0.15, -0.1) is 0 Å². The summed E-state index contributed by atoms with van der Waals surface area (Å²) in [6.07, 6.45) is 3.98. The van der Waals surface area contributed by atoms with Gasteiger partial charge in [-0.1, -0.05) is 30.3 Å². The summed E-state index contributed by atoms with van der Waals surface area (Å²) in [7, 11) is 0. The number of aliphatic imine (C=N–C) groups is 1. The van der Waals surface area contributed by atoms with Gasteiger partial charge in [0.25, 0.3) is 0 Å². The monoisotopic (exact) mass is 344 g/mol. The summed E-state index contributed by atoms with van der Waals surface area (Å²) < 4.78 is 0.